The Labute approximate surface area is 90.1 Å². The summed E-state index contributed by atoms with van der Waals surface area (Å²) in [6.45, 7) is 0. The van der Waals surface area contributed by atoms with Gasteiger partial charge >= 0.3 is 0 Å². The maximum atomic E-state index is 13.2. The molecule has 2 rings (SSSR count). The van der Waals surface area contributed by atoms with Gasteiger partial charge in [-0.3, -0.25) is 0 Å². The number of halogens is 3. The minimum atomic E-state index is -1.13. The molecule has 16 heavy (non-hydrogen) atoms. The van der Waals surface area contributed by atoms with Gasteiger partial charge in [-0.05, 0) is 24.3 Å². The van der Waals surface area contributed by atoms with Gasteiger partial charge in [-0.15, -0.1) is 0 Å². The topological polar surface area (TPSA) is 9.23 Å². The van der Waals surface area contributed by atoms with E-state index in [0.29, 0.717) is 0 Å². The average molecular weight is 224 g/mol. The lowest BCUT2D eigenvalue weighted by Crippen LogP contribution is -1.93. The summed E-state index contributed by atoms with van der Waals surface area (Å²) in [5.41, 5.74) is 0. The normalized spacial score (nSPS) is 10.2. The molecule has 0 fully saturated rings. The van der Waals surface area contributed by atoms with Gasteiger partial charge in [0.2, 0.25) is 5.82 Å². The summed E-state index contributed by atoms with van der Waals surface area (Å²) in [6, 6.07) is 8.99. The average Bonchev–Trinajstić information content (AvgIpc) is 2.28. The molecule has 1 nitrogen and oxygen atoms in total. The lowest BCUT2D eigenvalue weighted by atomic mass is 10.3. The Balaban J connectivity index is 2.35. The van der Waals surface area contributed by atoms with Crippen molar-refractivity contribution in [3.63, 3.8) is 0 Å². The van der Waals surface area contributed by atoms with E-state index in [1.807, 2.05) is 0 Å². The SMILES string of the molecule is Fc1ccccc1Oc1cccc(F)c1F. The van der Waals surface area contributed by atoms with Crippen LogP contribution in [0, 0.1) is 17.5 Å². The van der Waals surface area contributed by atoms with Crippen LogP contribution in [0.3, 0.4) is 0 Å². The van der Waals surface area contributed by atoms with Crippen LogP contribution in [0.25, 0.3) is 0 Å². The van der Waals surface area contributed by atoms with Crippen LogP contribution in [0.1, 0.15) is 0 Å². The molecule has 2 aromatic rings. The second-order valence-corrected chi connectivity index (χ2v) is 3.08. The fraction of sp³-hybridized carbons (Fsp3) is 0. The minimum Gasteiger partial charge on any atom is -0.451 e. The van der Waals surface area contributed by atoms with Crippen molar-refractivity contribution in [3.8, 4) is 11.5 Å². The maximum absolute atomic E-state index is 13.2. The van der Waals surface area contributed by atoms with E-state index >= 15 is 0 Å². The third-order valence-electron chi connectivity index (χ3n) is 1.97. The smallest absolute Gasteiger partial charge is 0.201 e. The van der Waals surface area contributed by atoms with Crippen LogP contribution in [0.4, 0.5) is 13.2 Å². The molecule has 0 radical (unpaired) electrons. The highest BCUT2D eigenvalue weighted by atomic mass is 19.2. The first kappa shape index (κ1) is 10.5. The number of para-hydroxylation sites is 1. The van der Waals surface area contributed by atoms with Crippen molar-refractivity contribution in [2.75, 3.05) is 0 Å². The van der Waals surface area contributed by atoms with E-state index < -0.39 is 17.5 Å². The predicted octanol–water partition coefficient (Wildman–Crippen LogP) is 3.90. The van der Waals surface area contributed by atoms with Crippen molar-refractivity contribution < 1.29 is 17.9 Å². The molecule has 0 atom stereocenters. The van der Waals surface area contributed by atoms with E-state index in [4.69, 9.17) is 4.74 Å². The first-order valence-corrected chi connectivity index (χ1v) is 4.55. The van der Waals surface area contributed by atoms with Gasteiger partial charge < -0.3 is 4.74 Å². The quantitative estimate of drug-likeness (QED) is 0.751. The highest BCUT2D eigenvalue weighted by Crippen LogP contribution is 2.27. The van der Waals surface area contributed by atoms with Crippen molar-refractivity contribution in [1.29, 1.82) is 0 Å². The van der Waals surface area contributed by atoms with Gasteiger partial charge in [0.25, 0.3) is 0 Å². The van der Waals surface area contributed by atoms with E-state index in [9.17, 15) is 13.2 Å². The molecular formula is C12H7F3O. The Morgan fingerprint density at radius 1 is 0.688 bits per heavy atom. The first-order chi connectivity index (χ1) is 7.68. The second-order valence-electron chi connectivity index (χ2n) is 3.08. The van der Waals surface area contributed by atoms with E-state index in [1.165, 1.54) is 36.4 Å². The highest BCUT2D eigenvalue weighted by Gasteiger charge is 2.11. The third-order valence-corrected chi connectivity index (χ3v) is 1.97. The summed E-state index contributed by atoms with van der Waals surface area (Å²) in [5.74, 6) is -3.29. The summed E-state index contributed by atoms with van der Waals surface area (Å²) in [7, 11) is 0. The summed E-state index contributed by atoms with van der Waals surface area (Å²) in [5, 5.41) is 0. The molecule has 0 heterocycles. The van der Waals surface area contributed by atoms with Gasteiger partial charge in [0, 0.05) is 0 Å². The first-order valence-electron chi connectivity index (χ1n) is 4.55. The molecule has 0 aliphatic carbocycles. The van der Waals surface area contributed by atoms with Crippen molar-refractivity contribution in [3.05, 3.63) is 59.9 Å². The Kier molecular flexibility index (Phi) is 2.81. The molecule has 0 aliphatic heterocycles. The van der Waals surface area contributed by atoms with Crippen molar-refractivity contribution >= 4 is 0 Å². The molecular weight excluding hydrogens is 217 g/mol. The molecule has 2 aromatic carbocycles. The fourth-order valence-corrected chi connectivity index (χ4v) is 1.21. The molecule has 0 amide bonds. The zero-order chi connectivity index (χ0) is 11.5. The van der Waals surface area contributed by atoms with Gasteiger partial charge in [0.15, 0.2) is 23.1 Å². The van der Waals surface area contributed by atoms with Crippen LogP contribution in [0.15, 0.2) is 42.5 Å². The molecule has 0 aromatic heterocycles. The summed E-state index contributed by atoms with van der Waals surface area (Å²) >= 11 is 0. The van der Waals surface area contributed by atoms with Gasteiger partial charge in [-0.25, -0.2) is 8.78 Å². The van der Waals surface area contributed by atoms with Crippen LogP contribution in [-0.2, 0) is 0 Å². The molecule has 0 saturated heterocycles. The summed E-state index contributed by atoms with van der Waals surface area (Å²) in [4.78, 5) is 0. The zero-order valence-electron chi connectivity index (χ0n) is 8.08. The molecule has 0 spiro atoms. The predicted molar refractivity (Wildman–Crippen MR) is 52.8 cm³/mol. The van der Waals surface area contributed by atoms with Gasteiger partial charge in [-0.1, -0.05) is 18.2 Å². The van der Waals surface area contributed by atoms with Crippen molar-refractivity contribution in [2.24, 2.45) is 0 Å². The lowest BCUT2D eigenvalue weighted by molar-refractivity contribution is 0.397. The Bertz CT molecular complexity index is 511. The maximum Gasteiger partial charge on any atom is 0.201 e. The summed E-state index contributed by atoms with van der Waals surface area (Å²) < 4.78 is 44.1. The Morgan fingerprint density at radius 3 is 2.06 bits per heavy atom. The number of hydrogen-bond donors (Lipinski definition) is 0. The van der Waals surface area contributed by atoms with Gasteiger partial charge in [-0.2, -0.15) is 4.39 Å². The third kappa shape index (κ3) is 2.00. The molecule has 82 valence electrons. The monoisotopic (exact) mass is 224 g/mol. The van der Waals surface area contributed by atoms with E-state index in [2.05, 4.69) is 0 Å². The largest absolute Gasteiger partial charge is 0.451 e. The van der Waals surface area contributed by atoms with E-state index in [0.717, 1.165) is 6.07 Å². The molecule has 4 heteroatoms. The van der Waals surface area contributed by atoms with Crippen molar-refractivity contribution in [1.82, 2.24) is 0 Å². The molecule has 0 bridgehead atoms. The zero-order valence-corrected chi connectivity index (χ0v) is 8.08. The lowest BCUT2D eigenvalue weighted by Gasteiger charge is -2.07. The Morgan fingerprint density at radius 2 is 1.31 bits per heavy atom. The molecule has 0 N–H and O–H groups in total. The number of hydrogen-bond acceptors (Lipinski definition) is 1. The molecule has 0 saturated carbocycles. The van der Waals surface area contributed by atoms with Crippen LogP contribution in [-0.4, -0.2) is 0 Å². The van der Waals surface area contributed by atoms with Crippen LogP contribution >= 0.6 is 0 Å². The second kappa shape index (κ2) is 4.26. The fourth-order valence-electron chi connectivity index (χ4n) is 1.21. The van der Waals surface area contributed by atoms with E-state index in [1.54, 1.807) is 0 Å². The van der Waals surface area contributed by atoms with Crippen molar-refractivity contribution in [2.45, 2.75) is 0 Å². The number of ether oxygens (including phenoxy) is 1. The number of benzene rings is 2. The minimum absolute atomic E-state index is 0.146. The molecule has 0 unspecified atom stereocenters. The highest BCUT2D eigenvalue weighted by molar-refractivity contribution is 5.33. The van der Waals surface area contributed by atoms with Crippen LogP contribution in [0.5, 0.6) is 11.5 Å². The summed E-state index contributed by atoms with van der Waals surface area (Å²) in [6.07, 6.45) is 0. The van der Waals surface area contributed by atoms with Crippen LogP contribution < -0.4 is 4.74 Å². The Hall–Kier alpha value is -1.97. The van der Waals surface area contributed by atoms with E-state index in [-0.39, 0.29) is 11.5 Å². The standard InChI is InChI=1S/C12H7F3O/c13-8-4-1-2-6-10(8)16-11-7-3-5-9(14)12(11)15/h1-7H. The van der Waals surface area contributed by atoms with Crippen LogP contribution in [0.2, 0.25) is 0 Å². The molecule has 0 aliphatic rings. The van der Waals surface area contributed by atoms with Gasteiger partial charge in [0.05, 0.1) is 0 Å². The van der Waals surface area contributed by atoms with Gasteiger partial charge in [0.1, 0.15) is 0 Å². The number of rotatable bonds is 2.